The number of rotatable bonds is 7. The summed E-state index contributed by atoms with van der Waals surface area (Å²) >= 11 is 1.54. The number of phenolic OH excluding ortho intramolecular Hbond substituents is 1. The SMILES string of the molecule is CC(=NC(C(=O)NCc1ccc(C(=O)NO)cc1)=C(C)c1ccc(O)cc1)c1cccs1. The molecule has 0 bridgehead atoms. The number of thiophene rings is 1. The van der Waals surface area contributed by atoms with Gasteiger partial charge in [0.15, 0.2) is 0 Å². The van der Waals surface area contributed by atoms with Crippen molar-refractivity contribution in [2.24, 2.45) is 4.99 Å². The summed E-state index contributed by atoms with van der Waals surface area (Å²) in [6, 6.07) is 17.0. The lowest BCUT2D eigenvalue weighted by atomic mass is 10.0. The molecule has 7 nitrogen and oxygen atoms in total. The first-order valence-electron chi connectivity index (χ1n) is 9.80. The van der Waals surface area contributed by atoms with Crippen LogP contribution in [0.2, 0.25) is 0 Å². The van der Waals surface area contributed by atoms with E-state index in [1.807, 2.05) is 31.4 Å². The molecule has 0 atom stereocenters. The number of nitrogens with zero attached hydrogens (tertiary/aromatic N) is 1. The molecule has 0 unspecified atom stereocenters. The topological polar surface area (TPSA) is 111 Å². The van der Waals surface area contributed by atoms with Gasteiger partial charge < -0.3 is 10.4 Å². The van der Waals surface area contributed by atoms with Gasteiger partial charge >= 0.3 is 0 Å². The van der Waals surface area contributed by atoms with Crippen LogP contribution >= 0.6 is 11.3 Å². The summed E-state index contributed by atoms with van der Waals surface area (Å²) in [5.74, 6) is -0.804. The molecule has 4 N–H and O–H groups in total. The van der Waals surface area contributed by atoms with Gasteiger partial charge in [0.25, 0.3) is 11.8 Å². The number of aromatic hydroxyl groups is 1. The van der Waals surface area contributed by atoms with E-state index in [0.717, 1.165) is 21.7 Å². The van der Waals surface area contributed by atoms with Crippen LogP contribution in [0.15, 0.2) is 76.7 Å². The van der Waals surface area contributed by atoms with Crippen LogP contribution in [0, 0.1) is 0 Å². The summed E-state index contributed by atoms with van der Waals surface area (Å²) in [5.41, 5.74) is 5.12. The Hall–Kier alpha value is -3.75. The summed E-state index contributed by atoms with van der Waals surface area (Å²) in [6.45, 7) is 3.91. The predicted octanol–water partition coefficient (Wildman–Crippen LogP) is 4.13. The van der Waals surface area contributed by atoms with Crippen molar-refractivity contribution in [3.05, 3.63) is 93.3 Å². The van der Waals surface area contributed by atoms with Gasteiger partial charge in [0, 0.05) is 17.0 Å². The number of nitrogens with one attached hydrogen (secondary N) is 2. The monoisotopic (exact) mass is 449 g/mol. The minimum atomic E-state index is -0.603. The second-order valence-electron chi connectivity index (χ2n) is 7.02. The number of phenols is 1. The molecule has 2 aromatic carbocycles. The first kappa shape index (κ1) is 22.9. The third kappa shape index (κ3) is 5.69. The van der Waals surface area contributed by atoms with E-state index in [-0.39, 0.29) is 23.9 Å². The fourth-order valence-corrected chi connectivity index (χ4v) is 3.64. The number of amides is 2. The number of hydrogen-bond donors (Lipinski definition) is 4. The van der Waals surface area contributed by atoms with Crippen LogP contribution in [0.1, 0.15) is 40.2 Å². The lowest BCUT2D eigenvalue weighted by Crippen LogP contribution is -2.25. The van der Waals surface area contributed by atoms with Crippen LogP contribution in [0.5, 0.6) is 5.75 Å². The van der Waals surface area contributed by atoms with Crippen molar-refractivity contribution < 1.29 is 19.9 Å². The van der Waals surface area contributed by atoms with E-state index in [9.17, 15) is 14.7 Å². The van der Waals surface area contributed by atoms with Crippen molar-refractivity contribution >= 4 is 34.4 Å². The third-order valence-corrected chi connectivity index (χ3v) is 5.78. The molecule has 0 saturated heterocycles. The van der Waals surface area contributed by atoms with Gasteiger partial charge in [0.05, 0.1) is 5.71 Å². The number of carbonyl (C=O) groups excluding carboxylic acids is 2. The lowest BCUT2D eigenvalue weighted by Gasteiger charge is -2.11. The zero-order valence-electron chi connectivity index (χ0n) is 17.6. The highest BCUT2D eigenvalue weighted by Crippen LogP contribution is 2.23. The fraction of sp³-hybridized carbons (Fsp3) is 0.125. The number of hydrogen-bond acceptors (Lipinski definition) is 6. The minimum absolute atomic E-state index is 0.143. The Balaban J connectivity index is 1.86. The first-order chi connectivity index (χ1) is 15.4. The summed E-state index contributed by atoms with van der Waals surface area (Å²) in [6.07, 6.45) is 0. The Morgan fingerprint density at radius 2 is 1.62 bits per heavy atom. The van der Waals surface area contributed by atoms with E-state index >= 15 is 0 Å². The Labute approximate surface area is 189 Å². The van der Waals surface area contributed by atoms with Gasteiger partial charge in [0.1, 0.15) is 11.4 Å². The van der Waals surface area contributed by atoms with Crippen LogP contribution in [0.25, 0.3) is 5.57 Å². The van der Waals surface area contributed by atoms with Crippen molar-refractivity contribution in [3.8, 4) is 5.75 Å². The normalized spacial score (nSPS) is 12.2. The van der Waals surface area contributed by atoms with Crippen molar-refractivity contribution in [1.82, 2.24) is 10.8 Å². The number of benzene rings is 2. The van der Waals surface area contributed by atoms with E-state index in [2.05, 4.69) is 10.3 Å². The average molecular weight is 450 g/mol. The first-order valence-corrected chi connectivity index (χ1v) is 10.7. The van der Waals surface area contributed by atoms with Crippen molar-refractivity contribution in [2.75, 3.05) is 0 Å². The summed E-state index contributed by atoms with van der Waals surface area (Å²) in [4.78, 5) is 30.1. The smallest absolute Gasteiger partial charge is 0.274 e. The van der Waals surface area contributed by atoms with Crippen LogP contribution in [-0.4, -0.2) is 27.8 Å². The van der Waals surface area contributed by atoms with Gasteiger partial charge in [-0.25, -0.2) is 10.5 Å². The molecule has 8 heteroatoms. The number of allylic oxidation sites excluding steroid dienone is 1. The maximum Gasteiger partial charge on any atom is 0.274 e. The summed E-state index contributed by atoms with van der Waals surface area (Å²) in [5, 5.41) is 23.1. The molecule has 164 valence electrons. The van der Waals surface area contributed by atoms with Gasteiger partial charge in [-0.1, -0.05) is 30.3 Å². The molecule has 0 radical (unpaired) electrons. The second kappa shape index (κ2) is 10.5. The van der Waals surface area contributed by atoms with Crippen LogP contribution in [0.3, 0.4) is 0 Å². The molecule has 1 heterocycles. The average Bonchev–Trinajstić information content (AvgIpc) is 3.36. The Morgan fingerprint density at radius 3 is 2.22 bits per heavy atom. The van der Waals surface area contributed by atoms with Crippen LogP contribution < -0.4 is 10.8 Å². The lowest BCUT2D eigenvalue weighted by molar-refractivity contribution is -0.117. The molecule has 32 heavy (non-hydrogen) atoms. The maximum absolute atomic E-state index is 13.1. The molecule has 2 amide bonds. The highest BCUT2D eigenvalue weighted by Gasteiger charge is 2.15. The maximum atomic E-state index is 13.1. The summed E-state index contributed by atoms with van der Waals surface area (Å²) in [7, 11) is 0. The molecular formula is C24H23N3O4S. The molecule has 0 aliphatic rings. The Morgan fingerprint density at radius 1 is 0.969 bits per heavy atom. The number of carbonyl (C=O) groups is 2. The minimum Gasteiger partial charge on any atom is -0.508 e. The highest BCUT2D eigenvalue weighted by molar-refractivity contribution is 7.12. The zero-order valence-corrected chi connectivity index (χ0v) is 18.4. The molecule has 0 spiro atoms. The van der Waals surface area contributed by atoms with Gasteiger partial charge in [-0.05, 0) is 66.3 Å². The molecular weight excluding hydrogens is 426 g/mol. The Bertz CT molecular complexity index is 1150. The van der Waals surface area contributed by atoms with E-state index in [1.165, 1.54) is 0 Å². The molecule has 3 aromatic rings. The van der Waals surface area contributed by atoms with Gasteiger partial charge in [-0.15, -0.1) is 11.3 Å². The molecule has 1 aromatic heterocycles. The molecule has 0 aliphatic carbocycles. The zero-order chi connectivity index (χ0) is 23.1. The molecule has 0 fully saturated rings. The molecule has 0 aliphatic heterocycles. The van der Waals surface area contributed by atoms with Gasteiger partial charge in [-0.2, -0.15) is 0 Å². The van der Waals surface area contributed by atoms with Gasteiger partial charge in [0.2, 0.25) is 0 Å². The van der Waals surface area contributed by atoms with Gasteiger partial charge in [-0.3, -0.25) is 14.8 Å². The Kier molecular flexibility index (Phi) is 7.54. The third-order valence-electron chi connectivity index (χ3n) is 4.80. The highest BCUT2D eigenvalue weighted by atomic mass is 32.1. The largest absolute Gasteiger partial charge is 0.508 e. The van der Waals surface area contributed by atoms with Crippen molar-refractivity contribution in [1.29, 1.82) is 0 Å². The van der Waals surface area contributed by atoms with E-state index in [1.54, 1.807) is 65.3 Å². The van der Waals surface area contributed by atoms with E-state index in [0.29, 0.717) is 11.1 Å². The van der Waals surface area contributed by atoms with Crippen molar-refractivity contribution in [2.45, 2.75) is 20.4 Å². The predicted molar refractivity (Wildman–Crippen MR) is 125 cm³/mol. The summed E-state index contributed by atoms with van der Waals surface area (Å²) < 4.78 is 0. The number of hydroxylamine groups is 1. The van der Waals surface area contributed by atoms with Crippen molar-refractivity contribution in [3.63, 3.8) is 0 Å². The van der Waals surface area contributed by atoms with E-state index in [4.69, 9.17) is 5.21 Å². The number of aliphatic imine (C=N–C) groups is 1. The molecule has 3 rings (SSSR count). The standard InChI is InChI=1S/C24H23N3O4S/c1-15(18-9-11-20(28)12-10-18)22(26-16(2)21-4-3-13-32-21)24(30)25-14-17-5-7-19(8-6-17)23(29)27-31/h3-13,28,31H,14H2,1-2H3,(H,25,30)(H,27,29). The van der Waals surface area contributed by atoms with Crippen LogP contribution in [-0.2, 0) is 11.3 Å². The molecule has 0 saturated carbocycles. The fourth-order valence-electron chi connectivity index (χ4n) is 2.96. The second-order valence-corrected chi connectivity index (χ2v) is 7.96. The van der Waals surface area contributed by atoms with E-state index < -0.39 is 5.91 Å². The quantitative estimate of drug-likeness (QED) is 0.188. The van der Waals surface area contributed by atoms with Crippen LogP contribution in [0.4, 0.5) is 0 Å².